The Morgan fingerprint density at radius 2 is 1.60 bits per heavy atom. The van der Waals surface area contributed by atoms with Crippen molar-refractivity contribution < 1.29 is 35.7 Å². The Morgan fingerprint density at radius 1 is 0.950 bits per heavy atom. The standard InChI is InChI=1S/C16H17NOS.Na.H/c19-16-4-2-1-3-15(16)13-5-7-14(8-6-13)17-9-11-18-12-10-17;;/h1-8,19H,9-12H2;;/q;+1;-1. The fourth-order valence-electron chi connectivity index (χ4n) is 2.39. The van der Waals surface area contributed by atoms with Gasteiger partial charge < -0.3 is 11.1 Å². The van der Waals surface area contributed by atoms with Crippen LogP contribution in [0.3, 0.4) is 0 Å². The SMILES string of the molecule is Sc1ccccc1-c1ccc(N2CCOCC2)cc1.[H-].[Na+]. The van der Waals surface area contributed by atoms with Gasteiger partial charge in [-0.2, -0.15) is 0 Å². The fraction of sp³-hybridized carbons (Fsp3) is 0.250. The molecular formula is C16H18NNaOS. The molecule has 20 heavy (non-hydrogen) atoms. The van der Waals surface area contributed by atoms with Crippen molar-refractivity contribution in [2.75, 3.05) is 31.2 Å². The summed E-state index contributed by atoms with van der Waals surface area (Å²) in [6, 6.07) is 16.9. The Kier molecular flexibility index (Phi) is 6.00. The second-order valence-corrected chi connectivity index (χ2v) is 5.15. The maximum Gasteiger partial charge on any atom is 1.00 e. The molecule has 1 saturated heterocycles. The van der Waals surface area contributed by atoms with Crippen LogP contribution in [0.4, 0.5) is 5.69 Å². The molecule has 2 aromatic rings. The van der Waals surface area contributed by atoms with Crippen LogP contribution in [0.5, 0.6) is 0 Å². The van der Waals surface area contributed by atoms with E-state index in [1.165, 1.54) is 16.8 Å². The molecule has 100 valence electrons. The van der Waals surface area contributed by atoms with Gasteiger partial charge in [-0.05, 0) is 29.3 Å². The monoisotopic (exact) mass is 295 g/mol. The Hall–Kier alpha value is -0.450. The van der Waals surface area contributed by atoms with Gasteiger partial charge in [-0.25, -0.2) is 0 Å². The van der Waals surface area contributed by atoms with E-state index in [9.17, 15) is 0 Å². The van der Waals surface area contributed by atoms with Crippen LogP contribution < -0.4 is 34.5 Å². The van der Waals surface area contributed by atoms with Crippen molar-refractivity contribution in [2.45, 2.75) is 4.90 Å². The van der Waals surface area contributed by atoms with Gasteiger partial charge in [-0.15, -0.1) is 12.6 Å². The zero-order chi connectivity index (χ0) is 13.1. The minimum Gasteiger partial charge on any atom is -1.00 e. The second kappa shape index (κ2) is 7.53. The summed E-state index contributed by atoms with van der Waals surface area (Å²) in [6.07, 6.45) is 0. The average Bonchev–Trinajstić information content (AvgIpc) is 2.49. The number of morpholine rings is 1. The molecule has 0 aliphatic carbocycles. The molecule has 2 aromatic carbocycles. The molecule has 0 atom stereocenters. The van der Waals surface area contributed by atoms with E-state index in [-0.39, 0.29) is 31.0 Å². The number of hydrogen-bond donors (Lipinski definition) is 1. The summed E-state index contributed by atoms with van der Waals surface area (Å²) in [5.41, 5.74) is 3.66. The molecule has 1 aliphatic rings. The molecule has 0 bridgehead atoms. The molecule has 0 aromatic heterocycles. The molecule has 1 aliphatic heterocycles. The van der Waals surface area contributed by atoms with Gasteiger partial charge in [0.25, 0.3) is 0 Å². The molecule has 0 N–H and O–H groups in total. The predicted molar refractivity (Wildman–Crippen MR) is 83.3 cm³/mol. The summed E-state index contributed by atoms with van der Waals surface area (Å²) < 4.78 is 5.38. The van der Waals surface area contributed by atoms with Crippen LogP contribution >= 0.6 is 12.6 Å². The molecular weight excluding hydrogens is 277 g/mol. The van der Waals surface area contributed by atoms with E-state index in [2.05, 4.69) is 47.9 Å². The number of anilines is 1. The van der Waals surface area contributed by atoms with Gasteiger partial charge in [0.15, 0.2) is 0 Å². The van der Waals surface area contributed by atoms with Crippen LogP contribution in [-0.2, 0) is 4.74 Å². The van der Waals surface area contributed by atoms with Crippen molar-refractivity contribution in [2.24, 2.45) is 0 Å². The van der Waals surface area contributed by atoms with Crippen molar-refractivity contribution >= 4 is 18.3 Å². The fourth-order valence-corrected chi connectivity index (χ4v) is 2.68. The maximum atomic E-state index is 5.38. The predicted octanol–water partition coefficient (Wildman–Crippen LogP) is 0.595. The molecule has 3 rings (SSSR count). The van der Waals surface area contributed by atoms with Gasteiger partial charge in [0.2, 0.25) is 0 Å². The van der Waals surface area contributed by atoms with E-state index < -0.39 is 0 Å². The maximum absolute atomic E-state index is 5.38. The first-order valence-corrected chi connectivity index (χ1v) is 7.00. The zero-order valence-corrected chi connectivity index (χ0v) is 14.6. The van der Waals surface area contributed by atoms with E-state index in [1.807, 2.05) is 18.2 Å². The van der Waals surface area contributed by atoms with E-state index >= 15 is 0 Å². The van der Waals surface area contributed by atoms with E-state index in [0.29, 0.717) is 0 Å². The first-order valence-electron chi connectivity index (χ1n) is 6.56. The first-order chi connectivity index (χ1) is 9.34. The number of benzene rings is 2. The van der Waals surface area contributed by atoms with E-state index in [4.69, 9.17) is 4.74 Å². The first kappa shape index (κ1) is 15.9. The van der Waals surface area contributed by atoms with Crippen molar-refractivity contribution in [1.82, 2.24) is 0 Å². The smallest absolute Gasteiger partial charge is 1.00 e. The summed E-state index contributed by atoms with van der Waals surface area (Å²) in [6.45, 7) is 3.59. The van der Waals surface area contributed by atoms with Crippen molar-refractivity contribution in [1.29, 1.82) is 0 Å². The van der Waals surface area contributed by atoms with Crippen LogP contribution in [0.1, 0.15) is 1.43 Å². The van der Waals surface area contributed by atoms with Crippen LogP contribution in [-0.4, -0.2) is 26.3 Å². The number of hydrogen-bond acceptors (Lipinski definition) is 3. The average molecular weight is 295 g/mol. The molecule has 0 unspecified atom stereocenters. The normalized spacial score (nSPS) is 14.8. The van der Waals surface area contributed by atoms with Crippen molar-refractivity contribution in [3.8, 4) is 11.1 Å². The van der Waals surface area contributed by atoms with Crippen LogP contribution in [0.2, 0.25) is 0 Å². The van der Waals surface area contributed by atoms with Crippen LogP contribution in [0.15, 0.2) is 53.4 Å². The molecule has 1 heterocycles. The Morgan fingerprint density at radius 3 is 2.25 bits per heavy atom. The second-order valence-electron chi connectivity index (χ2n) is 4.66. The third kappa shape index (κ3) is 3.60. The van der Waals surface area contributed by atoms with Gasteiger partial charge >= 0.3 is 29.6 Å². The number of ether oxygens (including phenoxy) is 1. The molecule has 0 spiro atoms. The quantitative estimate of drug-likeness (QED) is 0.643. The third-order valence-electron chi connectivity index (χ3n) is 3.46. The number of nitrogens with zero attached hydrogens (tertiary/aromatic N) is 1. The third-order valence-corrected chi connectivity index (χ3v) is 3.85. The van der Waals surface area contributed by atoms with Gasteiger partial charge in [-0.3, -0.25) is 0 Å². The number of rotatable bonds is 2. The molecule has 0 radical (unpaired) electrons. The molecule has 0 saturated carbocycles. The molecule has 1 fully saturated rings. The van der Waals surface area contributed by atoms with Gasteiger partial charge in [-0.1, -0.05) is 30.3 Å². The number of thiol groups is 1. The van der Waals surface area contributed by atoms with Crippen LogP contribution in [0, 0.1) is 0 Å². The largest absolute Gasteiger partial charge is 1.00 e. The topological polar surface area (TPSA) is 12.5 Å². The Bertz CT molecular complexity index is 558. The van der Waals surface area contributed by atoms with Gasteiger partial charge in [0.1, 0.15) is 0 Å². The van der Waals surface area contributed by atoms with Crippen molar-refractivity contribution in [3.63, 3.8) is 0 Å². The van der Waals surface area contributed by atoms with Gasteiger partial charge in [0, 0.05) is 23.7 Å². The van der Waals surface area contributed by atoms with E-state index in [0.717, 1.165) is 31.2 Å². The summed E-state index contributed by atoms with van der Waals surface area (Å²) in [5, 5.41) is 0. The van der Waals surface area contributed by atoms with Gasteiger partial charge in [0.05, 0.1) is 13.2 Å². The van der Waals surface area contributed by atoms with Crippen molar-refractivity contribution in [3.05, 3.63) is 48.5 Å². The summed E-state index contributed by atoms with van der Waals surface area (Å²) in [7, 11) is 0. The minimum absolute atomic E-state index is 0. The Labute approximate surface area is 149 Å². The van der Waals surface area contributed by atoms with Crippen LogP contribution in [0.25, 0.3) is 11.1 Å². The summed E-state index contributed by atoms with van der Waals surface area (Å²) >= 11 is 4.51. The summed E-state index contributed by atoms with van der Waals surface area (Å²) in [4.78, 5) is 3.38. The molecule has 0 amide bonds. The zero-order valence-electron chi connectivity index (χ0n) is 12.7. The molecule has 2 nitrogen and oxygen atoms in total. The minimum atomic E-state index is 0. The molecule has 4 heteroatoms. The van der Waals surface area contributed by atoms with E-state index in [1.54, 1.807) is 0 Å². The summed E-state index contributed by atoms with van der Waals surface area (Å²) in [5.74, 6) is 0. The Balaban J connectivity index is 0.00000110.